The molecule has 0 atom stereocenters. The number of nitrogens with zero attached hydrogens (tertiary/aromatic N) is 4. The second-order valence-electron chi connectivity index (χ2n) is 10.7. The Kier molecular flexibility index (Phi) is 8.95. The number of thiophene rings is 1. The van der Waals surface area contributed by atoms with E-state index >= 15 is 0 Å². The van der Waals surface area contributed by atoms with Crippen LogP contribution in [0, 0.1) is 24.4 Å². The van der Waals surface area contributed by atoms with Crippen molar-refractivity contribution in [2.75, 3.05) is 20.3 Å². The number of aromatic nitrogens is 3. The van der Waals surface area contributed by atoms with Gasteiger partial charge in [-0.3, -0.25) is 14.6 Å². The van der Waals surface area contributed by atoms with Crippen LogP contribution >= 0.6 is 11.3 Å². The Balaban J connectivity index is 1.41. The molecule has 9 nitrogen and oxygen atoms in total. The van der Waals surface area contributed by atoms with Gasteiger partial charge < -0.3 is 19.4 Å². The molecule has 1 aliphatic rings. The Bertz CT molecular complexity index is 1930. The molecule has 1 aliphatic heterocycles. The normalized spacial score (nSPS) is 12.5. The second-order valence-corrected chi connectivity index (χ2v) is 11.8. The lowest BCUT2D eigenvalue weighted by atomic mass is 9.94. The van der Waals surface area contributed by atoms with Gasteiger partial charge in [-0.1, -0.05) is 18.2 Å². The van der Waals surface area contributed by atoms with Gasteiger partial charge in [-0.15, -0.1) is 21.5 Å². The summed E-state index contributed by atoms with van der Waals surface area (Å²) in [5.41, 5.74) is 3.87. The van der Waals surface area contributed by atoms with E-state index in [2.05, 4.69) is 15.5 Å². The zero-order valence-electron chi connectivity index (χ0n) is 24.9. The molecule has 0 spiro atoms. The monoisotopic (exact) mass is 647 g/mol. The zero-order valence-corrected chi connectivity index (χ0v) is 25.7. The van der Waals surface area contributed by atoms with E-state index < -0.39 is 17.5 Å². The number of amides is 2. The summed E-state index contributed by atoms with van der Waals surface area (Å²) in [4.78, 5) is 34.6. The van der Waals surface area contributed by atoms with Crippen LogP contribution in [0.25, 0.3) is 21.9 Å². The summed E-state index contributed by atoms with van der Waals surface area (Å²) in [5, 5.41) is 11.0. The first-order chi connectivity index (χ1) is 22.2. The molecule has 4 heterocycles. The largest absolute Gasteiger partial charge is 0.421 e. The molecule has 3 aromatic heterocycles. The van der Waals surface area contributed by atoms with E-state index in [1.165, 1.54) is 18.2 Å². The van der Waals surface area contributed by atoms with Gasteiger partial charge in [0.25, 0.3) is 11.8 Å². The number of benzene rings is 2. The number of aryl methyl sites for hydroxylation is 3. The lowest BCUT2D eigenvalue weighted by molar-refractivity contribution is 0.0719. The number of fused-ring (bicyclic) bond motifs is 1. The van der Waals surface area contributed by atoms with E-state index in [0.29, 0.717) is 75.3 Å². The first kappa shape index (κ1) is 31.1. The molecular weight excluding hydrogens is 619 g/mol. The van der Waals surface area contributed by atoms with Gasteiger partial charge in [0.05, 0.1) is 40.5 Å². The van der Waals surface area contributed by atoms with E-state index in [-0.39, 0.29) is 30.7 Å². The number of rotatable bonds is 11. The number of hydrogen-bond acceptors (Lipinski definition) is 8. The lowest BCUT2D eigenvalue weighted by Crippen LogP contribution is -2.27. The minimum atomic E-state index is -1.00. The summed E-state index contributed by atoms with van der Waals surface area (Å²) < 4.78 is 51.7. The lowest BCUT2D eigenvalue weighted by Gasteiger charge is -2.15. The van der Waals surface area contributed by atoms with Crippen LogP contribution in [0.1, 0.15) is 48.4 Å². The smallest absolute Gasteiger partial charge is 0.261 e. The fourth-order valence-electron chi connectivity index (χ4n) is 5.31. The predicted octanol–water partition coefficient (Wildman–Crippen LogP) is 5.90. The summed E-state index contributed by atoms with van der Waals surface area (Å²) in [6, 6.07) is 13.0. The molecule has 1 N–H and O–H groups in total. The molecule has 0 saturated carbocycles. The number of nitrogens with one attached hydrogen (secondary N) is 1. The molecule has 13 heteroatoms. The average molecular weight is 648 g/mol. The Hall–Kier alpha value is -4.88. The molecule has 236 valence electrons. The molecule has 0 radical (unpaired) electrons. The summed E-state index contributed by atoms with van der Waals surface area (Å²) in [6.45, 7) is 2.61. The molecular formula is C33H28F3N5O4S. The van der Waals surface area contributed by atoms with Crippen molar-refractivity contribution in [1.82, 2.24) is 25.4 Å². The minimum absolute atomic E-state index is 0.0130. The van der Waals surface area contributed by atoms with Crippen LogP contribution < -0.4 is 5.32 Å². The third-order valence-electron chi connectivity index (χ3n) is 7.57. The van der Waals surface area contributed by atoms with E-state index in [0.717, 1.165) is 29.0 Å². The highest BCUT2D eigenvalue weighted by atomic mass is 32.1. The van der Waals surface area contributed by atoms with E-state index in [4.69, 9.17) is 14.1 Å². The second kappa shape index (κ2) is 13.2. The third kappa shape index (κ3) is 6.42. The van der Waals surface area contributed by atoms with Crippen molar-refractivity contribution in [2.45, 2.75) is 32.9 Å². The van der Waals surface area contributed by atoms with Crippen molar-refractivity contribution in [3.8, 4) is 21.9 Å². The van der Waals surface area contributed by atoms with Crippen LogP contribution in [0.15, 0.2) is 59.0 Å². The molecule has 0 bridgehead atoms. The van der Waals surface area contributed by atoms with Crippen molar-refractivity contribution in [1.29, 1.82) is 0 Å². The quantitative estimate of drug-likeness (QED) is 0.190. The van der Waals surface area contributed by atoms with Crippen molar-refractivity contribution < 1.29 is 31.9 Å². The fraction of sp³-hybridized carbons (Fsp3) is 0.242. The molecule has 2 amide bonds. The maximum absolute atomic E-state index is 13.9. The molecule has 6 rings (SSSR count). The van der Waals surface area contributed by atoms with E-state index in [1.807, 2.05) is 0 Å². The van der Waals surface area contributed by atoms with Gasteiger partial charge in [-0.25, -0.2) is 13.2 Å². The molecule has 0 aliphatic carbocycles. The minimum Gasteiger partial charge on any atom is -0.421 e. The van der Waals surface area contributed by atoms with Crippen LogP contribution in [0.5, 0.6) is 0 Å². The Morgan fingerprint density at radius 2 is 1.76 bits per heavy atom. The summed E-state index contributed by atoms with van der Waals surface area (Å²) in [7, 11) is 1.56. The number of carbonyl (C=O) groups excluding carboxylic acids is 2. The van der Waals surface area contributed by atoms with Gasteiger partial charge in [-0.05, 0) is 60.4 Å². The predicted molar refractivity (Wildman–Crippen MR) is 164 cm³/mol. The van der Waals surface area contributed by atoms with Crippen molar-refractivity contribution in [3.63, 3.8) is 0 Å². The van der Waals surface area contributed by atoms with Gasteiger partial charge in [-0.2, -0.15) is 0 Å². The van der Waals surface area contributed by atoms with E-state index in [1.54, 1.807) is 43.2 Å². The van der Waals surface area contributed by atoms with Crippen molar-refractivity contribution in [2.24, 2.45) is 0 Å². The number of methoxy groups -OCH3 is 1. The summed E-state index contributed by atoms with van der Waals surface area (Å²) in [5.74, 6) is -2.47. The average Bonchev–Trinajstić information content (AvgIpc) is 3.78. The van der Waals surface area contributed by atoms with Crippen LogP contribution in [-0.2, 0) is 30.7 Å². The van der Waals surface area contributed by atoms with Crippen LogP contribution in [-0.4, -0.2) is 52.2 Å². The molecule has 0 unspecified atom stereocenters. The highest BCUT2D eigenvalue weighted by Gasteiger charge is 2.36. The van der Waals surface area contributed by atoms with Crippen LogP contribution in [0.2, 0.25) is 0 Å². The van der Waals surface area contributed by atoms with Gasteiger partial charge in [0.1, 0.15) is 5.82 Å². The van der Waals surface area contributed by atoms with Gasteiger partial charge in [0.2, 0.25) is 11.8 Å². The molecule has 2 aromatic carbocycles. The number of pyridine rings is 1. The fourth-order valence-corrected chi connectivity index (χ4v) is 6.29. The SMILES string of the molecule is COCCN1Cc2nc(CCc3ccc(F)cc3)c(-c3nnc(C)o3)c(-c3ccc(C(=O)NCc4ccc(F)c(F)c4)s3)c2C1=O. The summed E-state index contributed by atoms with van der Waals surface area (Å²) in [6.07, 6.45) is 0.941. The Morgan fingerprint density at radius 1 is 0.978 bits per heavy atom. The Morgan fingerprint density at radius 3 is 2.48 bits per heavy atom. The topological polar surface area (TPSA) is 110 Å². The maximum atomic E-state index is 13.9. The highest BCUT2D eigenvalue weighted by Crippen LogP contribution is 2.43. The summed E-state index contributed by atoms with van der Waals surface area (Å²) >= 11 is 1.16. The molecule has 46 heavy (non-hydrogen) atoms. The zero-order chi connectivity index (χ0) is 32.4. The van der Waals surface area contributed by atoms with Gasteiger partial charge in [0, 0.05) is 37.6 Å². The molecule has 0 fully saturated rings. The van der Waals surface area contributed by atoms with Crippen molar-refractivity contribution in [3.05, 3.63) is 111 Å². The highest BCUT2D eigenvalue weighted by molar-refractivity contribution is 7.17. The van der Waals surface area contributed by atoms with Crippen LogP contribution in [0.3, 0.4) is 0 Å². The first-order valence-corrected chi connectivity index (χ1v) is 15.2. The third-order valence-corrected chi connectivity index (χ3v) is 8.67. The van der Waals surface area contributed by atoms with Gasteiger partial charge >= 0.3 is 0 Å². The molecule has 0 saturated heterocycles. The number of halogens is 3. The number of ether oxygens (including phenoxy) is 1. The number of carbonyl (C=O) groups is 2. The van der Waals surface area contributed by atoms with Gasteiger partial charge in [0.15, 0.2) is 11.6 Å². The standard InChI is InChI=1S/C33H28F3N5O4S/c1-18-39-40-32(45-18)28-24(10-6-19-3-7-21(34)8-4-19)38-25-17-41(13-14-44-2)33(43)29(25)30(28)26-11-12-27(46-26)31(42)37-16-20-5-9-22(35)23(36)15-20/h3-5,7-9,11-12,15H,6,10,13-14,16-17H2,1-2H3,(H,37,42). The number of hydrogen-bond donors (Lipinski definition) is 1. The first-order valence-electron chi connectivity index (χ1n) is 14.4. The Labute approximate surface area is 266 Å². The van der Waals surface area contributed by atoms with E-state index in [9.17, 15) is 22.8 Å². The van der Waals surface area contributed by atoms with Crippen molar-refractivity contribution >= 4 is 23.2 Å². The van der Waals surface area contributed by atoms with Crippen LogP contribution in [0.4, 0.5) is 13.2 Å². The molecule has 5 aromatic rings. The maximum Gasteiger partial charge on any atom is 0.261 e.